The van der Waals surface area contributed by atoms with E-state index in [2.05, 4.69) is 9.69 Å². The molecule has 3 N–H and O–H groups in total. The van der Waals surface area contributed by atoms with Crippen LogP contribution in [-0.4, -0.2) is 28.9 Å². The van der Waals surface area contributed by atoms with Crippen LogP contribution >= 0.6 is 11.5 Å². The standard InChI is InChI=1S/C11H17N3O3S/c1-4-17-11(16)9-7(3)14-18-10(9)13-6(2)5-8(12)15/h6,13H,4-5H2,1-3H3,(H2,12,15). The summed E-state index contributed by atoms with van der Waals surface area (Å²) in [5.41, 5.74) is 6.16. The minimum Gasteiger partial charge on any atom is -0.462 e. The fourth-order valence-electron chi connectivity index (χ4n) is 1.49. The van der Waals surface area contributed by atoms with E-state index < -0.39 is 11.9 Å². The molecule has 0 aliphatic heterocycles. The lowest BCUT2D eigenvalue weighted by Crippen LogP contribution is -2.24. The number of hydrogen-bond acceptors (Lipinski definition) is 6. The van der Waals surface area contributed by atoms with Gasteiger partial charge in [0.1, 0.15) is 10.6 Å². The third-order valence-electron chi connectivity index (χ3n) is 2.23. The zero-order chi connectivity index (χ0) is 13.7. The van der Waals surface area contributed by atoms with Gasteiger partial charge in [0.2, 0.25) is 5.91 Å². The summed E-state index contributed by atoms with van der Waals surface area (Å²) in [6, 6.07) is -0.157. The van der Waals surface area contributed by atoms with Crippen molar-refractivity contribution in [2.45, 2.75) is 33.2 Å². The summed E-state index contributed by atoms with van der Waals surface area (Å²) >= 11 is 1.17. The lowest BCUT2D eigenvalue weighted by molar-refractivity contribution is -0.118. The van der Waals surface area contributed by atoms with Crippen molar-refractivity contribution in [3.63, 3.8) is 0 Å². The van der Waals surface area contributed by atoms with Gasteiger partial charge in [-0.1, -0.05) is 0 Å². The Morgan fingerprint density at radius 1 is 1.56 bits per heavy atom. The number of aromatic nitrogens is 1. The van der Waals surface area contributed by atoms with E-state index in [1.54, 1.807) is 13.8 Å². The Balaban J connectivity index is 2.83. The molecule has 7 heteroatoms. The predicted octanol–water partition coefficient (Wildman–Crippen LogP) is 1.30. The van der Waals surface area contributed by atoms with Gasteiger partial charge in [0.15, 0.2) is 0 Å². The highest BCUT2D eigenvalue weighted by Gasteiger charge is 2.21. The van der Waals surface area contributed by atoms with Gasteiger partial charge in [0, 0.05) is 12.5 Å². The van der Waals surface area contributed by atoms with Gasteiger partial charge >= 0.3 is 5.97 Å². The second kappa shape index (κ2) is 6.34. The van der Waals surface area contributed by atoms with Crippen molar-refractivity contribution in [2.75, 3.05) is 11.9 Å². The summed E-state index contributed by atoms with van der Waals surface area (Å²) in [5.74, 6) is -0.800. The highest BCUT2D eigenvalue weighted by molar-refractivity contribution is 7.10. The summed E-state index contributed by atoms with van der Waals surface area (Å²) in [4.78, 5) is 22.6. The first kappa shape index (κ1) is 14.4. The van der Waals surface area contributed by atoms with E-state index in [9.17, 15) is 9.59 Å². The van der Waals surface area contributed by atoms with E-state index in [4.69, 9.17) is 10.5 Å². The molecule has 0 saturated carbocycles. The van der Waals surface area contributed by atoms with Crippen molar-refractivity contribution in [1.82, 2.24) is 4.37 Å². The molecule has 1 unspecified atom stereocenters. The fourth-order valence-corrected chi connectivity index (χ4v) is 2.38. The smallest absolute Gasteiger partial charge is 0.343 e. The number of carbonyl (C=O) groups is 2. The molecule has 0 radical (unpaired) electrons. The molecule has 1 atom stereocenters. The maximum Gasteiger partial charge on any atom is 0.343 e. The fraction of sp³-hybridized carbons (Fsp3) is 0.545. The third kappa shape index (κ3) is 3.69. The van der Waals surface area contributed by atoms with Crippen molar-refractivity contribution < 1.29 is 14.3 Å². The van der Waals surface area contributed by atoms with E-state index in [1.807, 2.05) is 6.92 Å². The first-order valence-corrected chi connectivity index (χ1v) is 6.41. The van der Waals surface area contributed by atoms with Gasteiger partial charge in [0.25, 0.3) is 0 Å². The highest BCUT2D eigenvalue weighted by atomic mass is 32.1. The zero-order valence-electron chi connectivity index (χ0n) is 10.6. The van der Waals surface area contributed by atoms with Crippen LogP contribution in [0, 0.1) is 6.92 Å². The molecule has 1 aromatic rings. The van der Waals surface area contributed by atoms with Crippen molar-refractivity contribution in [2.24, 2.45) is 5.73 Å². The van der Waals surface area contributed by atoms with E-state index in [-0.39, 0.29) is 12.5 Å². The van der Waals surface area contributed by atoms with Crippen molar-refractivity contribution in [3.05, 3.63) is 11.3 Å². The van der Waals surface area contributed by atoms with Gasteiger partial charge in [-0.05, 0) is 32.3 Å². The predicted molar refractivity (Wildman–Crippen MR) is 69.7 cm³/mol. The summed E-state index contributed by atoms with van der Waals surface area (Å²) in [6.07, 6.45) is 0.194. The first-order chi connectivity index (χ1) is 8.45. The van der Waals surface area contributed by atoms with E-state index in [1.165, 1.54) is 11.5 Å². The molecular formula is C11H17N3O3S. The molecule has 0 saturated heterocycles. The Morgan fingerprint density at radius 2 is 2.22 bits per heavy atom. The normalized spacial score (nSPS) is 11.9. The molecule has 0 aliphatic rings. The van der Waals surface area contributed by atoms with Crippen LogP contribution in [0.25, 0.3) is 0 Å². The maximum atomic E-state index is 11.8. The minimum atomic E-state index is -0.405. The summed E-state index contributed by atoms with van der Waals surface area (Å²) < 4.78 is 9.08. The number of anilines is 1. The molecule has 1 heterocycles. The Kier molecular flexibility index (Phi) is 5.08. The largest absolute Gasteiger partial charge is 0.462 e. The van der Waals surface area contributed by atoms with Gasteiger partial charge in [-0.2, -0.15) is 4.37 Å². The molecule has 0 fully saturated rings. The maximum absolute atomic E-state index is 11.8. The number of hydrogen-bond donors (Lipinski definition) is 2. The van der Waals surface area contributed by atoms with Crippen LogP contribution in [0.3, 0.4) is 0 Å². The number of rotatable bonds is 6. The van der Waals surface area contributed by atoms with Gasteiger partial charge < -0.3 is 15.8 Å². The molecule has 18 heavy (non-hydrogen) atoms. The number of nitrogens with two attached hydrogens (primary N) is 1. The average Bonchev–Trinajstić information content (AvgIpc) is 2.58. The molecule has 0 aromatic carbocycles. The topological polar surface area (TPSA) is 94.3 Å². The van der Waals surface area contributed by atoms with Gasteiger partial charge in [-0.15, -0.1) is 0 Å². The van der Waals surface area contributed by atoms with Crippen LogP contribution < -0.4 is 11.1 Å². The third-order valence-corrected chi connectivity index (χ3v) is 3.10. The van der Waals surface area contributed by atoms with E-state index in [0.29, 0.717) is 22.9 Å². The number of primary amides is 1. The van der Waals surface area contributed by atoms with Crippen LogP contribution in [0.4, 0.5) is 5.00 Å². The summed E-state index contributed by atoms with van der Waals surface area (Å²) in [7, 11) is 0. The Labute approximate surface area is 110 Å². The second-order valence-electron chi connectivity index (χ2n) is 3.91. The number of amides is 1. The van der Waals surface area contributed by atoms with Crippen LogP contribution in [-0.2, 0) is 9.53 Å². The van der Waals surface area contributed by atoms with E-state index in [0.717, 1.165) is 0 Å². The monoisotopic (exact) mass is 271 g/mol. The minimum absolute atomic E-state index is 0.157. The molecule has 0 aliphatic carbocycles. The lowest BCUT2D eigenvalue weighted by atomic mass is 10.2. The number of nitrogens with zero attached hydrogens (tertiary/aromatic N) is 1. The number of esters is 1. The number of carbonyl (C=O) groups excluding carboxylic acids is 2. The lowest BCUT2D eigenvalue weighted by Gasteiger charge is -2.12. The molecular weight excluding hydrogens is 254 g/mol. The average molecular weight is 271 g/mol. The second-order valence-corrected chi connectivity index (χ2v) is 4.68. The molecule has 1 aromatic heterocycles. The van der Waals surface area contributed by atoms with Crippen LogP contribution in [0.2, 0.25) is 0 Å². The molecule has 1 amide bonds. The Morgan fingerprint density at radius 3 is 2.78 bits per heavy atom. The summed E-state index contributed by atoms with van der Waals surface area (Å²) in [6.45, 7) is 5.61. The quantitative estimate of drug-likeness (QED) is 0.761. The highest BCUT2D eigenvalue weighted by Crippen LogP contribution is 2.26. The van der Waals surface area contributed by atoms with Crippen molar-refractivity contribution in [1.29, 1.82) is 0 Å². The van der Waals surface area contributed by atoms with Crippen LogP contribution in [0.5, 0.6) is 0 Å². The van der Waals surface area contributed by atoms with Crippen LogP contribution in [0.1, 0.15) is 36.3 Å². The zero-order valence-corrected chi connectivity index (χ0v) is 11.5. The van der Waals surface area contributed by atoms with Crippen molar-refractivity contribution >= 4 is 28.4 Å². The molecule has 6 nitrogen and oxygen atoms in total. The number of ether oxygens (including phenoxy) is 1. The first-order valence-electron chi connectivity index (χ1n) is 5.63. The number of aryl methyl sites for hydroxylation is 1. The van der Waals surface area contributed by atoms with Gasteiger partial charge in [0.05, 0.1) is 12.3 Å². The SMILES string of the molecule is CCOC(=O)c1c(C)nsc1NC(C)CC(N)=O. The molecule has 0 spiro atoms. The van der Waals surface area contributed by atoms with Crippen LogP contribution in [0.15, 0.2) is 0 Å². The number of nitrogens with one attached hydrogen (secondary N) is 1. The van der Waals surface area contributed by atoms with Gasteiger partial charge in [-0.25, -0.2) is 4.79 Å². The summed E-state index contributed by atoms with van der Waals surface area (Å²) in [5, 5.41) is 3.67. The van der Waals surface area contributed by atoms with E-state index >= 15 is 0 Å². The molecule has 100 valence electrons. The molecule has 0 bridgehead atoms. The Bertz CT molecular complexity index is 445. The Hall–Kier alpha value is -1.63. The van der Waals surface area contributed by atoms with Crippen molar-refractivity contribution in [3.8, 4) is 0 Å². The van der Waals surface area contributed by atoms with Gasteiger partial charge in [-0.3, -0.25) is 4.79 Å². The molecule has 1 rings (SSSR count).